The third-order valence-corrected chi connectivity index (χ3v) is 12.0. The Balaban J connectivity index is 1.23. The number of hydrogen-bond acceptors (Lipinski definition) is 9. The summed E-state index contributed by atoms with van der Waals surface area (Å²) in [7, 11) is 1.65. The Morgan fingerprint density at radius 3 is 2.75 bits per heavy atom. The molecule has 5 aliphatic heterocycles. The van der Waals surface area contributed by atoms with E-state index < -0.39 is 47.2 Å². The molecular formula is C37H41ClF3N7O4. The first-order chi connectivity index (χ1) is 24.7. The summed E-state index contributed by atoms with van der Waals surface area (Å²) in [6, 6.07) is 1.79. The second-order valence-corrected chi connectivity index (χ2v) is 16.4. The zero-order valence-corrected chi connectivity index (χ0v) is 30.5. The monoisotopic (exact) mass is 739 g/mol. The fourth-order valence-electron chi connectivity index (χ4n) is 9.60. The summed E-state index contributed by atoms with van der Waals surface area (Å²) in [4.78, 5) is 29.2. The third-order valence-electron chi connectivity index (χ3n) is 11.6. The Labute approximate surface area is 303 Å². The molecule has 4 saturated heterocycles. The summed E-state index contributed by atoms with van der Waals surface area (Å²) in [5.74, 6) is -1.08. The van der Waals surface area contributed by atoms with Gasteiger partial charge in [0, 0.05) is 43.1 Å². The van der Waals surface area contributed by atoms with E-state index in [1.807, 2.05) is 32.6 Å². The molecule has 11 nitrogen and oxygen atoms in total. The number of anilines is 1. The van der Waals surface area contributed by atoms with E-state index in [1.165, 1.54) is 10.7 Å². The van der Waals surface area contributed by atoms with E-state index in [4.69, 9.17) is 30.8 Å². The number of hydrogen-bond donors (Lipinski definition) is 0. The molecule has 15 heteroatoms. The minimum Gasteiger partial charge on any atom is -0.486 e. The maximum Gasteiger partial charge on any atom is 0.410 e. The molecule has 6 atom stereocenters. The number of halogens is 4. The fraction of sp³-hybridized carbons (Fsp3) is 0.568. The maximum atomic E-state index is 17.4. The molecule has 0 N–H and O–H groups in total. The molecule has 0 saturated carbocycles. The number of nitrogens with zero attached hydrogens (tertiary/aromatic N) is 7. The highest BCUT2D eigenvalue weighted by atomic mass is 35.5. The summed E-state index contributed by atoms with van der Waals surface area (Å²) in [6.45, 7) is 9.01. The van der Waals surface area contributed by atoms with Gasteiger partial charge < -0.3 is 19.1 Å². The van der Waals surface area contributed by atoms with E-state index >= 15 is 8.78 Å². The summed E-state index contributed by atoms with van der Waals surface area (Å²) in [5.41, 5.74) is -1.27. The number of carbonyl (C=O) groups excluding carboxylic acids is 1. The molecule has 0 radical (unpaired) electrons. The van der Waals surface area contributed by atoms with Gasteiger partial charge >= 0.3 is 12.1 Å². The first kappa shape index (κ1) is 33.8. The zero-order valence-electron chi connectivity index (χ0n) is 29.8. The largest absolute Gasteiger partial charge is 0.486 e. The van der Waals surface area contributed by atoms with Gasteiger partial charge in [-0.05, 0) is 72.1 Å². The van der Waals surface area contributed by atoms with Crippen LogP contribution in [0.2, 0.25) is 5.02 Å². The standard InChI is InChI=1S/C37H41ClF3N7O4/c1-18-30-23-10-8-21(48(23)35(49)52-36(2,3)4)16-47(30)33-26-29(43-34(44-33)50-17-37-11-6-12-46(37)15-20(39)13-37)28(41)25(27(38)32(26)51-18)24-22(40)9-7-19-14-42-45(5)31(19)24/h7,9,14,18,20-21,23,30H,6,8,10-13,15-17H2,1-5H3/t18-,20+,21+,23-,30+,37-/m0/s1. The molecule has 9 rings (SSSR count). The molecule has 2 bridgehead atoms. The van der Waals surface area contributed by atoms with Crippen LogP contribution in [-0.2, 0) is 11.8 Å². The van der Waals surface area contributed by atoms with Crippen molar-refractivity contribution in [1.82, 2.24) is 29.5 Å². The molecule has 7 heterocycles. The van der Waals surface area contributed by atoms with Crippen LogP contribution in [0.5, 0.6) is 11.8 Å². The van der Waals surface area contributed by atoms with Gasteiger partial charge in [0.25, 0.3) is 0 Å². The lowest BCUT2D eigenvalue weighted by Crippen LogP contribution is -2.65. The normalized spacial score (nSPS) is 28.3. The molecule has 1 amide bonds. The Morgan fingerprint density at radius 1 is 1.15 bits per heavy atom. The van der Waals surface area contributed by atoms with Crippen molar-refractivity contribution in [3.8, 4) is 22.9 Å². The van der Waals surface area contributed by atoms with Gasteiger partial charge in [-0.15, -0.1) is 0 Å². The first-order valence-corrected chi connectivity index (χ1v) is 18.4. The predicted octanol–water partition coefficient (Wildman–Crippen LogP) is 6.81. The van der Waals surface area contributed by atoms with Gasteiger partial charge in [-0.3, -0.25) is 14.5 Å². The Kier molecular flexibility index (Phi) is 7.62. The van der Waals surface area contributed by atoms with Crippen LogP contribution in [0.25, 0.3) is 32.9 Å². The van der Waals surface area contributed by atoms with Crippen molar-refractivity contribution in [2.24, 2.45) is 7.05 Å². The molecule has 0 aliphatic carbocycles. The lowest BCUT2D eigenvalue weighted by molar-refractivity contribution is 0.00113. The molecule has 4 fully saturated rings. The number of rotatable bonds is 4. The van der Waals surface area contributed by atoms with E-state index in [2.05, 4.69) is 19.9 Å². The number of piperazine rings is 1. The average molecular weight is 740 g/mol. The van der Waals surface area contributed by atoms with Crippen LogP contribution < -0.4 is 14.4 Å². The summed E-state index contributed by atoms with van der Waals surface area (Å²) in [5, 5.41) is 5.00. The number of amides is 1. The van der Waals surface area contributed by atoms with E-state index in [1.54, 1.807) is 19.3 Å². The number of ether oxygens (including phenoxy) is 3. The fourth-order valence-corrected chi connectivity index (χ4v) is 9.91. The van der Waals surface area contributed by atoms with Gasteiger partial charge in [-0.2, -0.15) is 15.1 Å². The average Bonchev–Trinajstić information content (AvgIpc) is 3.80. The minimum absolute atomic E-state index is 0.0745. The van der Waals surface area contributed by atoms with Gasteiger partial charge in [0.05, 0.1) is 45.8 Å². The quantitative estimate of drug-likeness (QED) is 0.224. The topological polar surface area (TPSA) is 98.1 Å². The Morgan fingerprint density at radius 2 is 1.96 bits per heavy atom. The second kappa shape index (κ2) is 11.7. The van der Waals surface area contributed by atoms with Crippen molar-refractivity contribution in [3.63, 3.8) is 0 Å². The van der Waals surface area contributed by atoms with Crippen molar-refractivity contribution < 1.29 is 32.2 Å². The first-order valence-electron chi connectivity index (χ1n) is 18.0. The van der Waals surface area contributed by atoms with Crippen molar-refractivity contribution in [2.45, 2.75) is 101 Å². The van der Waals surface area contributed by atoms with Crippen LogP contribution in [0.1, 0.15) is 59.8 Å². The van der Waals surface area contributed by atoms with Crippen molar-refractivity contribution >= 4 is 45.3 Å². The predicted molar refractivity (Wildman–Crippen MR) is 189 cm³/mol. The zero-order chi connectivity index (χ0) is 36.4. The van der Waals surface area contributed by atoms with Gasteiger partial charge in [0.2, 0.25) is 0 Å². The molecular weight excluding hydrogens is 699 g/mol. The number of carbonyl (C=O) groups is 1. The van der Waals surface area contributed by atoms with Gasteiger partial charge in [-0.25, -0.2) is 18.0 Å². The van der Waals surface area contributed by atoms with Gasteiger partial charge in [0.15, 0.2) is 11.6 Å². The van der Waals surface area contributed by atoms with Gasteiger partial charge in [-0.1, -0.05) is 11.6 Å². The Hall–Kier alpha value is -4.04. The van der Waals surface area contributed by atoms with Crippen molar-refractivity contribution in [2.75, 3.05) is 31.1 Å². The van der Waals surface area contributed by atoms with Crippen molar-refractivity contribution in [1.29, 1.82) is 0 Å². The summed E-state index contributed by atoms with van der Waals surface area (Å²) >= 11 is 7.16. The van der Waals surface area contributed by atoms with E-state index in [0.717, 1.165) is 25.8 Å². The molecule has 276 valence electrons. The van der Waals surface area contributed by atoms with Crippen LogP contribution in [-0.4, -0.2) is 103 Å². The SMILES string of the molecule is C[C@@H]1Oc2c(Cl)c(-c3c(F)ccc4cnn(C)c34)c(F)c3nc(OC[C@@]45CCCN4C[C@H](F)C5)nc(c23)N2C[C@H]3CC[C@@H]([C@@H]12)N3C(=O)OC(C)(C)C. The number of alkyl halides is 1. The molecule has 5 aliphatic rings. The minimum atomic E-state index is -0.962. The molecule has 2 aromatic carbocycles. The van der Waals surface area contributed by atoms with Crippen LogP contribution in [0.4, 0.5) is 23.8 Å². The lowest BCUT2D eigenvalue weighted by Gasteiger charge is -2.48. The second-order valence-electron chi connectivity index (χ2n) is 16.0. The molecule has 52 heavy (non-hydrogen) atoms. The van der Waals surface area contributed by atoms with Crippen LogP contribution >= 0.6 is 11.6 Å². The van der Waals surface area contributed by atoms with E-state index in [0.29, 0.717) is 42.7 Å². The number of aryl methyl sites for hydroxylation is 1. The number of fused-ring (bicyclic) bond motifs is 7. The smallest absolute Gasteiger partial charge is 0.410 e. The van der Waals surface area contributed by atoms with Crippen LogP contribution in [0, 0.1) is 11.6 Å². The van der Waals surface area contributed by atoms with E-state index in [-0.39, 0.29) is 57.5 Å². The highest BCUT2D eigenvalue weighted by Crippen LogP contribution is 2.52. The summed E-state index contributed by atoms with van der Waals surface area (Å²) in [6.07, 6.45) is 3.07. The molecule has 2 aromatic heterocycles. The van der Waals surface area contributed by atoms with Crippen LogP contribution in [0.3, 0.4) is 0 Å². The number of benzene rings is 2. The van der Waals surface area contributed by atoms with Gasteiger partial charge in [0.1, 0.15) is 41.6 Å². The molecule has 0 unspecified atom stereocenters. The Bertz CT molecular complexity index is 2140. The summed E-state index contributed by atoms with van der Waals surface area (Å²) < 4.78 is 68.4. The highest BCUT2D eigenvalue weighted by molar-refractivity contribution is 6.37. The molecule has 4 aromatic rings. The highest BCUT2D eigenvalue weighted by Gasteiger charge is 2.54. The van der Waals surface area contributed by atoms with Crippen LogP contribution in [0.15, 0.2) is 18.3 Å². The third kappa shape index (κ3) is 5.03. The molecule has 0 spiro atoms. The number of aromatic nitrogens is 4. The van der Waals surface area contributed by atoms with Crippen molar-refractivity contribution in [3.05, 3.63) is 35.0 Å². The van der Waals surface area contributed by atoms with E-state index in [9.17, 15) is 9.18 Å². The maximum absolute atomic E-state index is 17.4. The lowest BCUT2D eigenvalue weighted by atomic mass is 9.95.